The van der Waals surface area contributed by atoms with Gasteiger partial charge in [0.2, 0.25) is 0 Å². The average Bonchev–Trinajstić information content (AvgIpc) is 2.90. The molecule has 0 amide bonds. The Morgan fingerprint density at radius 2 is 1.79 bits per heavy atom. The van der Waals surface area contributed by atoms with Crippen molar-refractivity contribution in [2.75, 3.05) is 20.7 Å². The standard InChI is InChI=1S/C16H25NO2/c1-4-19-14-9-7-13(8-10-14)15(18)16(17(2)3)11-5-6-12-16/h7-10,15,18H,4-6,11-12H2,1-3H3. The number of hydrogen-bond acceptors (Lipinski definition) is 3. The topological polar surface area (TPSA) is 32.7 Å². The van der Waals surface area contributed by atoms with E-state index in [-0.39, 0.29) is 5.54 Å². The molecule has 1 aromatic rings. The number of likely N-dealkylation sites (N-methyl/N-ethyl adjacent to an activating group) is 1. The molecule has 1 saturated carbocycles. The summed E-state index contributed by atoms with van der Waals surface area (Å²) >= 11 is 0. The third-order valence-electron chi connectivity index (χ3n) is 4.38. The maximum Gasteiger partial charge on any atom is 0.119 e. The van der Waals surface area contributed by atoms with Crippen molar-refractivity contribution in [1.82, 2.24) is 4.90 Å². The van der Waals surface area contributed by atoms with E-state index in [1.807, 2.05) is 31.2 Å². The zero-order chi connectivity index (χ0) is 13.9. The van der Waals surface area contributed by atoms with Gasteiger partial charge in [-0.1, -0.05) is 25.0 Å². The Balaban J connectivity index is 2.19. The van der Waals surface area contributed by atoms with Gasteiger partial charge in [0.05, 0.1) is 18.2 Å². The quantitative estimate of drug-likeness (QED) is 0.886. The van der Waals surface area contributed by atoms with Crippen LogP contribution in [-0.4, -0.2) is 36.2 Å². The Hall–Kier alpha value is -1.06. The van der Waals surface area contributed by atoms with Crippen molar-refractivity contribution in [3.8, 4) is 5.75 Å². The smallest absolute Gasteiger partial charge is 0.119 e. The van der Waals surface area contributed by atoms with Crippen LogP contribution in [0.5, 0.6) is 5.75 Å². The maximum absolute atomic E-state index is 10.8. The van der Waals surface area contributed by atoms with Crippen LogP contribution < -0.4 is 4.74 Å². The van der Waals surface area contributed by atoms with Gasteiger partial charge < -0.3 is 14.7 Å². The van der Waals surface area contributed by atoms with Gasteiger partial charge in [0, 0.05) is 0 Å². The van der Waals surface area contributed by atoms with E-state index in [0.717, 1.165) is 24.2 Å². The molecule has 2 rings (SSSR count). The molecule has 1 N–H and O–H groups in total. The molecule has 0 saturated heterocycles. The molecule has 1 unspecified atom stereocenters. The van der Waals surface area contributed by atoms with Crippen molar-refractivity contribution in [2.45, 2.75) is 44.2 Å². The third-order valence-corrected chi connectivity index (χ3v) is 4.38. The minimum atomic E-state index is -0.430. The molecule has 0 spiro atoms. The van der Waals surface area contributed by atoms with E-state index in [9.17, 15) is 5.11 Å². The van der Waals surface area contributed by atoms with Gasteiger partial charge in [-0.2, -0.15) is 0 Å². The SMILES string of the molecule is CCOc1ccc(C(O)C2(N(C)C)CCCC2)cc1. The van der Waals surface area contributed by atoms with Crippen LogP contribution in [0.4, 0.5) is 0 Å². The van der Waals surface area contributed by atoms with Crippen molar-refractivity contribution in [1.29, 1.82) is 0 Å². The van der Waals surface area contributed by atoms with Gasteiger partial charge in [-0.15, -0.1) is 0 Å². The summed E-state index contributed by atoms with van der Waals surface area (Å²) in [6.45, 7) is 2.64. The fraction of sp³-hybridized carbons (Fsp3) is 0.625. The van der Waals surface area contributed by atoms with E-state index < -0.39 is 6.10 Å². The summed E-state index contributed by atoms with van der Waals surface area (Å²) in [4.78, 5) is 2.20. The van der Waals surface area contributed by atoms with E-state index in [1.165, 1.54) is 12.8 Å². The summed E-state index contributed by atoms with van der Waals surface area (Å²) in [5.74, 6) is 0.865. The zero-order valence-corrected chi connectivity index (χ0v) is 12.2. The maximum atomic E-state index is 10.8. The second kappa shape index (κ2) is 5.93. The Kier molecular flexibility index (Phi) is 4.48. The molecule has 3 heteroatoms. The molecule has 3 nitrogen and oxygen atoms in total. The molecular formula is C16H25NO2. The van der Waals surface area contributed by atoms with E-state index in [4.69, 9.17) is 4.74 Å². The highest BCUT2D eigenvalue weighted by Gasteiger charge is 2.43. The third kappa shape index (κ3) is 2.77. The first-order valence-electron chi connectivity index (χ1n) is 7.18. The first-order valence-corrected chi connectivity index (χ1v) is 7.18. The molecule has 0 radical (unpaired) electrons. The van der Waals surface area contributed by atoms with Crippen LogP contribution in [0.2, 0.25) is 0 Å². The average molecular weight is 263 g/mol. The van der Waals surface area contributed by atoms with Crippen LogP contribution in [0, 0.1) is 0 Å². The van der Waals surface area contributed by atoms with Crippen molar-refractivity contribution in [3.63, 3.8) is 0 Å². The van der Waals surface area contributed by atoms with Gasteiger partial charge in [0.25, 0.3) is 0 Å². The zero-order valence-electron chi connectivity index (χ0n) is 12.2. The molecule has 1 aliphatic carbocycles. The van der Waals surface area contributed by atoms with Crippen LogP contribution in [0.25, 0.3) is 0 Å². The van der Waals surface area contributed by atoms with Crippen molar-refractivity contribution in [3.05, 3.63) is 29.8 Å². The monoisotopic (exact) mass is 263 g/mol. The van der Waals surface area contributed by atoms with Crippen LogP contribution in [0.15, 0.2) is 24.3 Å². The van der Waals surface area contributed by atoms with Gasteiger partial charge in [0.15, 0.2) is 0 Å². The molecular weight excluding hydrogens is 238 g/mol. The van der Waals surface area contributed by atoms with E-state index >= 15 is 0 Å². The highest BCUT2D eigenvalue weighted by atomic mass is 16.5. The number of aliphatic hydroxyl groups is 1. The number of ether oxygens (including phenoxy) is 1. The first kappa shape index (κ1) is 14.4. The Labute approximate surface area is 116 Å². The summed E-state index contributed by atoms with van der Waals surface area (Å²) in [6.07, 6.45) is 4.10. The molecule has 0 bridgehead atoms. The van der Waals surface area contributed by atoms with E-state index in [1.54, 1.807) is 0 Å². The minimum Gasteiger partial charge on any atom is -0.494 e. The second-order valence-electron chi connectivity index (χ2n) is 5.61. The first-order chi connectivity index (χ1) is 9.10. The predicted molar refractivity (Wildman–Crippen MR) is 77.5 cm³/mol. The molecule has 0 aliphatic heterocycles. The van der Waals surface area contributed by atoms with Gasteiger partial charge >= 0.3 is 0 Å². The van der Waals surface area contributed by atoms with E-state index in [2.05, 4.69) is 19.0 Å². The van der Waals surface area contributed by atoms with Crippen LogP contribution in [0.1, 0.15) is 44.3 Å². The molecule has 106 valence electrons. The van der Waals surface area contributed by atoms with Crippen LogP contribution in [0.3, 0.4) is 0 Å². The summed E-state index contributed by atoms with van der Waals surface area (Å²) in [6, 6.07) is 7.86. The van der Waals surface area contributed by atoms with Gasteiger partial charge in [-0.25, -0.2) is 0 Å². The second-order valence-corrected chi connectivity index (χ2v) is 5.61. The largest absolute Gasteiger partial charge is 0.494 e. The van der Waals surface area contributed by atoms with Crippen LogP contribution >= 0.6 is 0 Å². The number of aliphatic hydroxyl groups excluding tert-OH is 1. The lowest BCUT2D eigenvalue weighted by Gasteiger charge is -2.40. The summed E-state index contributed by atoms with van der Waals surface area (Å²) in [5, 5.41) is 10.8. The Morgan fingerprint density at radius 3 is 2.26 bits per heavy atom. The molecule has 0 aromatic heterocycles. The van der Waals surface area contributed by atoms with Crippen molar-refractivity contribution in [2.24, 2.45) is 0 Å². The summed E-state index contributed by atoms with van der Waals surface area (Å²) in [7, 11) is 4.15. The lowest BCUT2D eigenvalue weighted by molar-refractivity contribution is -0.00476. The molecule has 1 aliphatic rings. The molecule has 1 atom stereocenters. The van der Waals surface area contributed by atoms with Crippen molar-refractivity contribution >= 4 is 0 Å². The highest BCUT2D eigenvalue weighted by Crippen LogP contribution is 2.43. The number of hydrogen-bond donors (Lipinski definition) is 1. The number of nitrogens with zero attached hydrogens (tertiary/aromatic N) is 1. The summed E-state index contributed by atoms with van der Waals surface area (Å²) in [5.41, 5.74) is 0.881. The minimum absolute atomic E-state index is 0.104. The molecule has 0 heterocycles. The lowest BCUT2D eigenvalue weighted by Crippen LogP contribution is -2.46. The predicted octanol–water partition coefficient (Wildman–Crippen LogP) is 2.99. The van der Waals surface area contributed by atoms with Gasteiger partial charge in [0.1, 0.15) is 5.75 Å². The molecule has 19 heavy (non-hydrogen) atoms. The number of benzene rings is 1. The van der Waals surface area contributed by atoms with E-state index in [0.29, 0.717) is 6.61 Å². The van der Waals surface area contributed by atoms with Crippen LogP contribution in [-0.2, 0) is 0 Å². The molecule has 1 aromatic carbocycles. The Morgan fingerprint density at radius 1 is 1.21 bits per heavy atom. The fourth-order valence-corrected chi connectivity index (χ4v) is 3.18. The van der Waals surface area contributed by atoms with Gasteiger partial charge in [-0.05, 0) is 51.6 Å². The Bertz CT molecular complexity index is 394. The van der Waals surface area contributed by atoms with Crippen molar-refractivity contribution < 1.29 is 9.84 Å². The fourth-order valence-electron chi connectivity index (χ4n) is 3.18. The highest BCUT2D eigenvalue weighted by molar-refractivity contribution is 5.30. The lowest BCUT2D eigenvalue weighted by atomic mass is 9.85. The summed E-state index contributed by atoms with van der Waals surface area (Å²) < 4.78 is 5.45. The normalized spacial score (nSPS) is 19.6. The molecule has 1 fully saturated rings. The number of rotatable bonds is 5. The van der Waals surface area contributed by atoms with Gasteiger partial charge in [-0.3, -0.25) is 0 Å².